The lowest BCUT2D eigenvalue weighted by atomic mass is 10.1. The maximum Gasteiger partial charge on any atom is 0.263 e. The van der Waals surface area contributed by atoms with Crippen LogP contribution in [0, 0.1) is 5.82 Å². The van der Waals surface area contributed by atoms with E-state index in [0.717, 1.165) is 11.1 Å². The lowest BCUT2D eigenvalue weighted by Gasteiger charge is -2.07. The second kappa shape index (κ2) is 6.77. The maximum atomic E-state index is 13.0. The third-order valence-corrected chi connectivity index (χ3v) is 3.16. The summed E-state index contributed by atoms with van der Waals surface area (Å²) in [5.41, 5.74) is 1.78. The second-order valence-corrected chi connectivity index (χ2v) is 4.80. The predicted molar refractivity (Wildman–Crippen MR) is 73.4 cm³/mol. The summed E-state index contributed by atoms with van der Waals surface area (Å²) in [6, 6.07) is 10.7. The molecule has 0 aliphatic rings. The average molecular weight is 300 g/mol. The van der Waals surface area contributed by atoms with Gasteiger partial charge in [-0.05, 0) is 23.3 Å². The van der Waals surface area contributed by atoms with Gasteiger partial charge in [0, 0.05) is 18.7 Å². The van der Waals surface area contributed by atoms with Crippen LogP contribution in [0.15, 0.2) is 42.5 Å². The van der Waals surface area contributed by atoms with Crippen LogP contribution in [0.5, 0.6) is 0 Å². The highest BCUT2D eigenvalue weighted by Gasteiger charge is 2.05. The summed E-state index contributed by atoms with van der Waals surface area (Å²) in [7, 11) is 0. The standard InChI is InChI=1S/C15H13ClF3N/c16-13-7-11(3-6-14(13)17)9-20-8-10-1-4-12(5-2-10)15(18)19/h1-7,15,20H,8-9H2. The van der Waals surface area contributed by atoms with E-state index in [-0.39, 0.29) is 10.6 Å². The smallest absolute Gasteiger partial charge is 0.263 e. The largest absolute Gasteiger partial charge is 0.309 e. The van der Waals surface area contributed by atoms with Crippen molar-refractivity contribution in [2.45, 2.75) is 19.5 Å². The molecular weight excluding hydrogens is 287 g/mol. The molecule has 1 nitrogen and oxygen atoms in total. The molecule has 106 valence electrons. The first-order chi connectivity index (χ1) is 9.56. The Labute approximate surface area is 120 Å². The van der Waals surface area contributed by atoms with E-state index in [1.165, 1.54) is 18.2 Å². The van der Waals surface area contributed by atoms with E-state index >= 15 is 0 Å². The molecule has 2 rings (SSSR count). The third kappa shape index (κ3) is 3.99. The van der Waals surface area contributed by atoms with E-state index in [9.17, 15) is 13.2 Å². The first-order valence-corrected chi connectivity index (χ1v) is 6.45. The van der Waals surface area contributed by atoms with Crippen LogP contribution in [0.2, 0.25) is 5.02 Å². The summed E-state index contributed by atoms with van der Waals surface area (Å²) in [6.45, 7) is 1.06. The summed E-state index contributed by atoms with van der Waals surface area (Å²) >= 11 is 5.68. The Bertz CT molecular complexity index is 570. The molecule has 0 amide bonds. The van der Waals surface area contributed by atoms with E-state index in [4.69, 9.17) is 11.6 Å². The van der Waals surface area contributed by atoms with Gasteiger partial charge in [-0.1, -0.05) is 41.9 Å². The fourth-order valence-corrected chi connectivity index (χ4v) is 1.98. The average Bonchev–Trinajstić information content (AvgIpc) is 2.43. The van der Waals surface area contributed by atoms with Crippen molar-refractivity contribution in [1.29, 1.82) is 0 Å². The Morgan fingerprint density at radius 2 is 1.55 bits per heavy atom. The molecule has 2 aromatic carbocycles. The topological polar surface area (TPSA) is 12.0 Å². The van der Waals surface area contributed by atoms with Gasteiger partial charge >= 0.3 is 0 Å². The van der Waals surface area contributed by atoms with Crippen molar-refractivity contribution in [3.8, 4) is 0 Å². The van der Waals surface area contributed by atoms with Gasteiger partial charge in [-0.25, -0.2) is 13.2 Å². The summed E-state index contributed by atoms with van der Waals surface area (Å²) < 4.78 is 37.7. The zero-order valence-electron chi connectivity index (χ0n) is 10.5. The Balaban J connectivity index is 1.87. The number of alkyl halides is 2. The molecule has 20 heavy (non-hydrogen) atoms. The minimum Gasteiger partial charge on any atom is -0.309 e. The second-order valence-electron chi connectivity index (χ2n) is 4.39. The fraction of sp³-hybridized carbons (Fsp3) is 0.200. The molecule has 0 aliphatic carbocycles. The quantitative estimate of drug-likeness (QED) is 0.843. The molecule has 5 heteroatoms. The molecule has 0 unspecified atom stereocenters. The van der Waals surface area contributed by atoms with Gasteiger partial charge in [-0.3, -0.25) is 0 Å². The van der Waals surface area contributed by atoms with Gasteiger partial charge in [0.25, 0.3) is 6.43 Å². The van der Waals surface area contributed by atoms with Crippen LogP contribution in [0.1, 0.15) is 23.1 Å². The summed E-state index contributed by atoms with van der Waals surface area (Å²) in [5, 5.41) is 3.23. The van der Waals surface area contributed by atoms with Crippen LogP contribution >= 0.6 is 11.6 Å². The van der Waals surface area contributed by atoms with E-state index < -0.39 is 12.2 Å². The molecule has 2 aromatic rings. The van der Waals surface area contributed by atoms with Crippen molar-refractivity contribution < 1.29 is 13.2 Å². The number of hydrogen-bond donors (Lipinski definition) is 1. The SMILES string of the molecule is Fc1ccc(CNCc2ccc(C(F)F)cc2)cc1Cl. The van der Waals surface area contributed by atoms with Crippen LogP contribution < -0.4 is 5.32 Å². The third-order valence-electron chi connectivity index (χ3n) is 2.87. The Hall–Kier alpha value is -1.52. The van der Waals surface area contributed by atoms with Crippen molar-refractivity contribution in [1.82, 2.24) is 5.32 Å². The summed E-state index contributed by atoms with van der Waals surface area (Å²) in [4.78, 5) is 0. The Morgan fingerprint density at radius 3 is 2.15 bits per heavy atom. The van der Waals surface area contributed by atoms with Crippen LogP contribution in [0.4, 0.5) is 13.2 Å². The minimum atomic E-state index is -2.45. The van der Waals surface area contributed by atoms with E-state index in [0.29, 0.717) is 13.1 Å². The van der Waals surface area contributed by atoms with Crippen LogP contribution in [-0.2, 0) is 13.1 Å². The lowest BCUT2D eigenvalue weighted by Crippen LogP contribution is -2.12. The predicted octanol–water partition coefficient (Wildman–Crippen LogP) is 4.71. The molecule has 0 radical (unpaired) electrons. The molecule has 0 heterocycles. The monoisotopic (exact) mass is 299 g/mol. The fourth-order valence-electron chi connectivity index (χ4n) is 1.78. The number of rotatable bonds is 5. The first kappa shape index (κ1) is 14.9. The number of halogens is 4. The van der Waals surface area contributed by atoms with E-state index in [2.05, 4.69) is 5.32 Å². The summed E-state index contributed by atoms with van der Waals surface area (Å²) in [5.74, 6) is -0.446. The molecule has 0 atom stereocenters. The van der Waals surface area contributed by atoms with Gasteiger partial charge in [0.15, 0.2) is 0 Å². The Morgan fingerprint density at radius 1 is 0.950 bits per heavy atom. The highest BCUT2D eigenvalue weighted by molar-refractivity contribution is 6.30. The normalized spacial score (nSPS) is 11.1. The van der Waals surface area contributed by atoms with Gasteiger partial charge in [0.1, 0.15) is 5.82 Å². The molecule has 0 fully saturated rings. The van der Waals surface area contributed by atoms with Crippen molar-refractivity contribution in [2.24, 2.45) is 0 Å². The van der Waals surface area contributed by atoms with Crippen molar-refractivity contribution in [3.05, 3.63) is 70.0 Å². The van der Waals surface area contributed by atoms with Gasteiger partial charge in [0.2, 0.25) is 0 Å². The van der Waals surface area contributed by atoms with Gasteiger partial charge in [0.05, 0.1) is 5.02 Å². The lowest BCUT2D eigenvalue weighted by molar-refractivity contribution is 0.151. The number of hydrogen-bond acceptors (Lipinski definition) is 1. The molecular formula is C15H13ClF3N. The molecule has 0 spiro atoms. The zero-order valence-corrected chi connectivity index (χ0v) is 11.3. The van der Waals surface area contributed by atoms with Crippen molar-refractivity contribution in [2.75, 3.05) is 0 Å². The van der Waals surface area contributed by atoms with Crippen molar-refractivity contribution >= 4 is 11.6 Å². The number of nitrogens with one attached hydrogen (secondary N) is 1. The van der Waals surface area contributed by atoms with Crippen LogP contribution in [0.25, 0.3) is 0 Å². The van der Waals surface area contributed by atoms with E-state index in [1.54, 1.807) is 24.3 Å². The zero-order chi connectivity index (χ0) is 14.5. The molecule has 0 bridgehead atoms. The van der Waals surface area contributed by atoms with E-state index in [1.807, 2.05) is 0 Å². The van der Waals surface area contributed by atoms with Gasteiger partial charge in [-0.15, -0.1) is 0 Å². The summed E-state index contributed by atoms with van der Waals surface area (Å²) in [6.07, 6.45) is -2.45. The molecule has 0 saturated heterocycles. The first-order valence-electron chi connectivity index (χ1n) is 6.08. The van der Waals surface area contributed by atoms with Gasteiger partial charge in [-0.2, -0.15) is 0 Å². The minimum absolute atomic E-state index is 0.0130. The highest BCUT2D eigenvalue weighted by Crippen LogP contribution is 2.19. The van der Waals surface area contributed by atoms with Crippen molar-refractivity contribution in [3.63, 3.8) is 0 Å². The molecule has 0 saturated carbocycles. The number of benzene rings is 2. The maximum absolute atomic E-state index is 13.0. The van der Waals surface area contributed by atoms with Gasteiger partial charge < -0.3 is 5.32 Å². The molecule has 0 aromatic heterocycles. The molecule has 1 N–H and O–H groups in total. The molecule has 0 aliphatic heterocycles. The Kier molecular flexibility index (Phi) is 5.04. The van der Waals surface area contributed by atoms with Crippen LogP contribution in [0.3, 0.4) is 0 Å². The van der Waals surface area contributed by atoms with Crippen LogP contribution in [-0.4, -0.2) is 0 Å². The highest BCUT2D eigenvalue weighted by atomic mass is 35.5.